The number of hydrazine groups is 1. The Morgan fingerprint density at radius 2 is 1.89 bits per heavy atom. The lowest BCUT2D eigenvalue weighted by Crippen LogP contribution is -2.43. The molecule has 0 aliphatic carbocycles. The number of hydrogen-bond acceptors (Lipinski definition) is 5. The molecule has 7 nitrogen and oxygen atoms in total. The summed E-state index contributed by atoms with van der Waals surface area (Å²) in [4.78, 5) is 34.5. The Morgan fingerprint density at radius 3 is 2.56 bits per heavy atom. The van der Waals surface area contributed by atoms with Gasteiger partial charge in [0.2, 0.25) is 0 Å². The first-order valence-corrected chi connectivity index (χ1v) is 7.40. The predicted molar refractivity (Wildman–Crippen MR) is 85.8 cm³/mol. The zero-order chi connectivity index (χ0) is 19.9. The van der Waals surface area contributed by atoms with Crippen molar-refractivity contribution in [2.24, 2.45) is 0 Å². The molecular weight excluding hydrogens is 369 g/mol. The zero-order valence-electron chi connectivity index (χ0n) is 13.6. The lowest BCUT2D eigenvalue weighted by molar-refractivity contribution is -0.144. The third-order valence-electron chi connectivity index (χ3n) is 3.03. The van der Waals surface area contributed by atoms with E-state index >= 15 is 0 Å². The molecule has 142 valence electrons. The lowest BCUT2D eigenvalue weighted by Gasteiger charge is -2.07. The molecule has 0 saturated carbocycles. The van der Waals surface area contributed by atoms with E-state index in [2.05, 4.69) is 4.74 Å². The van der Waals surface area contributed by atoms with Crippen LogP contribution >= 0.6 is 0 Å². The fourth-order valence-corrected chi connectivity index (χ4v) is 1.80. The number of ether oxygens (including phenoxy) is 1. The molecule has 0 unspecified atom stereocenters. The van der Waals surface area contributed by atoms with Gasteiger partial charge in [-0.2, -0.15) is 13.2 Å². The van der Waals surface area contributed by atoms with E-state index in [4.69, 9.17) is 4.42 Å². The van der Waals surface area contributed by atoms with Crippen molar-refractivity contribution in [2.45, 2.75) is 6.18 Å². The lowest BCUT2D eigenvalue weighted by atomic mass is 10.1. The molecule has 2 rings (SSSR count). The fraction of sp³-hybridized carbons (Fsp3) is 0.118. The molecule has 27 heavy (non-hydrogen) atoms. The Kier molecular flexibility index (Phi) is 6.36. The van der Waals surface area contributed by atoms with Gasteiger partial charge in [-0.3, -0.25) is 20.4 Å². The van der Waals surface area contributed by atoms with Crippen LogP contribution in [0.2, 0.25) is 0 Å². The quantitative estimate of drug-likeness (QED) is 0.470. The average molecular weight is 382 g/mol. The molecule has 1 aromatic heterocycles. The number of carbonyl (C=O) groups is 3. The van der Waals surface area contributed by atoms with E-state index in [0.29, 0.717) is 0 Å². The van der Waals surface area contributed by atoms with E-state index in [1.54, 1.807) is 0 Å². The molecule has 0 atom stereocenters. The van der Waals surface area contributed by atoms with Gasteiger partial charge in [-0.15, -0.1) is 0 Å². The van der Waals surface area contributed by atoms with Crippen LogP contribution in [0.1, 0.15) is 21.7 Å². The second-order valence-electron chi connectivity index (χ2n) is 5.04. The molecule has 0 bridgehead atoms. The van der Waals surface area contributed by atoms with Crippen molar-refractivity contribution in [2.75, 3.05) is 6.61 Å². The number of alkyl halides is 3. The van der Waals surface area contributed by atoms with Gasteiger partial charge in [-0.1, -0.05) is 12.1 Å². The predicted octanol–water partition coefficient (Wildman–Crippen LogP) is 2.32. The van der Waals surface area contributed by atoms with E-state index in [1.165, 1.54) is 30.5 Å². The van der Waals surface area contributed by atoms with Crippen LogP contribution < -0.4 is 10.9 Å². The highest BCUT2D eigenvalue weighted by atomic mass is 19.4. The van der Waals surface area contributed by atoms with Gasteiger partial charge in [0.25, 0.3) is 5.91 Å². The number of esters is 1. The van der Waals surface area contributed by atoms with Gasteiger partial charge >= 0.3 is 18.1 Å². The van der Waals surface area contributed by atoms with E-state index in [0.717, 1.165) is 24.3 Å². The van der Waals surface area contributed by atoms with Crippen molar-refractivity contribution in [1.29, 1.82) is 0 Å². The van der Waals surface area contributed by atoms with Crippen LogP contribution in [-0.4, -0.2) is 24.4 Å². The highest BCUT2D eigenvalue weighted by molar-refractivity contribution is 5.93. The number of benzene rings is 1. The molecule has 2 amide bonds. The summed E-state index contributed by atoms with van der Waals surface area (Å²) in [6.07, 6.45) is -1.23. The van der Waals surface area contributed by atoms with Crippen molar-refractivity contribution < 1.29 is 36.7 Å². The van der Waals surface area contributed by atoms with Crippen molar-refractivity contribution in [3.05, 3.63) is 65.6 Å². The highest BCUT2D eigenvalue weighted by Crippen LogP contribution is 2.29. The Morgan fingerprint density at radius 1 is 1.11 bits per heavy atom. The van der Waals surface area contributed by atoms with Gasteiger partial charge in [0.15, 0.2) is 12.4 Å². The first-order chi connectivity index (χ1) is 12.8. The molecule has 0 radical (unpaired) electrons. The molecule has 2 N–H and O–H groups in total. The monoisotopic (exact) mass is 382 g/mol. The number of halogens is 3. The minimum absolute atomic E-state index is 0.0312. The maximum Gasteiger partial charge on any atom is 0.416 e. The van der Waals surface area contributed by atoms with Gasteiger partial charge in [-0.05, 0) is 35.9 Å². The summed E-state index contributed by atoms with van der Waals surface area (Å²) in [5, 5.41) is 0. The number of rotatable bonds is 5. The first kappa shape index (κ1) is 19.8. The molecule has 0 aliphatic heterocycles. The number of nitrogens with one attached hydrogen (secondary N) is 2. The van der Waals surface area contributed by atoms with Crippen molar-refractivity contribution in [3.8, 4) is 0 Å². The fourth-order valence-electron chi connectivity index (χ4n) is 1.80. The number of hydrogen-bond donors (Lipinski definition) is 2. The standard InChI is InChI=1S/C17H13F3N2O5/c18-17(19,20)12-4-1-3-11(9-12)6-7-15(24)27-10-14(23)21-22-16(25)13-5-2-8-26-13/h1-9H,10H2,(H,21,23)(H,22,25)/b7-6+. The molecule has 0 aliphatic rings. The minimum atomic E-state index is -4.50. The summed E-state index contributed by atoms with van der Waals surface area (Å²) >= 11 is 0. The SMILES string of the molecule is O=C(COC(=O)/C=C/c1cccc(C(F)(F)F)c1)NNC(=O)c1ccco1. The third kappa shape index (κ3) is 6.34. The van der Waals surface area contributed by atoms with E-state index in [-0.39, 0.29) is 11.3 Å². The largest absolute Gasteiger partial charge is 0.459 e. The van der Waals surface area contributed by atoms with Gasteiger partial charge in [-0.25, -0.2) is 4.79 Å². The van der Waals surface area contributed by atoms with Crippen molar-refractivity contribution in [1.82, 2.24) is 10.9 Å². The van der Waals surface area contributed by atoms with Crippen LogP contribution in [0.4, 0.5) is 13.2 Å². The smallest absolute Gasteiger partial charge is 0.416 e. The Balaban J connectivity index is 1.78. The van der Waals surface area contributed by atoms with Crippen LogP contribution in [0.25, 0.3) is 6.08 Å². The van der Waals surface area contributed by atoms with Crippen LogP contribution in [0.15, 0.2) is 53.2 Å². The van der Waals surface area contributed by atoms with Gasteiger partial charge < -0.3 is 9.15 Å². The Bertz CT molecular complexity index is 845. The van der Waals surface area contributed by atoms with Crippen molar-refractivity contribution >= 4 is 23.9 Å². The number of furan rings is 1. The maximum absolute atomic E-state index is 12.6. The van der Waals surface area contributed by atoms with E-state index in [1.807, 2.05) is 10.9 Å². The molecular formula is C17H13F3N2O5. The van der Waals surface area contributed by atoms with E-state index < -0.39 is 36.1 Å². The Labute approximate surface area is 150 Å². The third-order valence-corrected chi connectivity index (χ3v) is 3.03. The maximum atomic E-state index is 12.6. The number of amides is 2. The van der Waals surface area contributed by atoms with Crippen LogP contribution in [-0.2, 0) is 20.5 Å². The molecule has 0 fully saturated rings. The van der Waals surface area contributed by atoms with Crippen molar-refractivity contribution in [3.63, 3.8) is 0 Å². The normalized spacial score (nSPS) is 11.2. The molecule has 1 aromatic carbocycles. The van der Waals surface area contributed by atoms with Crippen LogP contribution in [0, 0.1) is 0 Å². The average Bonchev–Trinajstić information content (AvgIpc) is 3.17. The zero-order valence-corrected chi connectivity index (χ0v) is 13.6. The van der Waals surface area contributed by atoms with Crippen LogP contribution in [0.3, 0.4) is 0 Å². The summed E-state index contributed by atoms with van der Waals surface area (Å²) < 4.78 is 47.2. The van der Waals surface area contributed by atoms with Gasteiger partial charge in [0, 0.05) is 6.08 Å². The topological polar surface area (TPSA) is 97.6 Å². The summed E-state index contributed by atoms with van der Waals surface area (Å²) in [6, 6.07) is 7.19. The minimum Gasteiger partial charge on any atom is -0.459 e. The molecule has 0 saturated heterocycles. The summed E-state index contributed by atoms with van der Waals surface area (Å²) in [6.45, 7) is -0.704. The van der Waals surface area contributed by atoms with E-state index in [9.17, 15) is 27.6 Å². The molecule has 2 aromatic rings. The molecule has 10 heteroatoms. The summed E-state index contributed by atoms with van der Waals surface area (Å²) in [5.74, 6) is -2.50. The summed E-state index contributed by atoms with van der Waals surface area (Å²) in [7, 11) is 0. The highest BCUT2D eigenvalue weighted by Gasteiger charge is 2.30. The Hall–Kier alpha value is -3.56. The second-order valence-corrected chi connectivity index (χ2v) is 5.04. The second kappa shape index (κ2) is 8.70. The first-order valence-electron chi connectivity index (χ1n) is 7.40. The van der Waals surface area contributed by atoms with Gasteiger partial charge in [0.1, 0.15) is 0 Å². The van der Waals surface area contributed by atoms with Crippen LogP contribution in [0.5, 0.6) is 0 Å². The summed E-state index contributed by atoms with van der Waals surface area (Å²) in [5.41, 5.74) is 3.32. The molecule has 0 spiro atoms. The van der Waals surface area contributed by atoms with Gasteiger partial charge in [0.05, 0.1) is 11.8 Å². The number of carbonyl (C=O) groups excluding carboxylic acids is 3. The molecule has 1 heterocycles.